The van der Waals surface area contributed by atoms with E-state index in [9.17, 15) is 4.79 Å². The molecule has 1 aliphatic heterocycles. The summed E-state index contributed by atoms with van der Waals surface area (Å²) in [7, 11) is 0. The highest BCUT2D eigenvalue weighted by Crippen LogP contribution is 2.33. The summed E-state index contributed by atoms with van der Waals surface area (Å²) >= 11 is 1.88. The highest BCUT2D eigenvalue weighted by molar-refractivity contribution is 7.10. The third-order valence-corrected chi connectivity index (χ3v) is 5.79. The van der Waals surface area contributed by atoms with Crippen LogP contribution in [0.1, 0.15) is 37.1 Å². The molecule has 2 nitrogen and oxygen atoms in total. The van der Waals surface area contributed by atoms with Gasteiger partial charge in [0, 0.05) is 36.9 Å². The molecule has 104 valence electrons. The Morgan fingerprint density at radius 2 is 2.26 bits per heavy atom. The second-order valence-corrected chi connectivity index (χ2v) is 7.45. The van der Waals surface area contributed by atoms with Gasteiger partial charge < -0.3 is 0 Å². The van der Waals surface area contributed by atoms with E-state index >= 15 is 0 Å². The largest absolute Gasteiger partial charge is 0.299 e. The molecule has 1 saturated carbocycles. The first-order valence-corrected chi connectivity index (χ1v) is 8.31. The van der Waals surface area contributed by atoms with E-state index in [1.807, 2.05) is 11.3 Å². The highest BCUT2D eigenvalue weighted by Gasteiger charge is 2.34. The van der Waals surface area contributed by atoms with Gasteiger partial charge in [0.1, 0.15) is 5.78 Å². The van der Waals surface area contributed by atoms with Crippen LogP contribution in [0.5, 0.6) is 0 Å². The quantitative estimate of drug-likeness (QED) is 0.826. The molecule has 3 rings (SSSR count). The van der Waals surface area contributed by atoms with E-state index in [1.165, 1.54) is 18.4 Å². The molecule has 0 aromatic carbocycles. The van der Waals surface area contributed by atoms with Crippen molar-refractivity contribution < 1.29 is 4.79 Å². The second kappa shape index (κ2) is 5.37. The lowest BCUT2D eigenvalue weighted by Crippen LogP contribution is -2.41. The van der Waals surface area contributed by atoms with Crippen LogP contribution in [-0.4, -0.2) is 23.8 Å². The van der Waals surface area contributed by atoms with Crippen LogP contribution in [0.4, 0.5) is 0 Å². The average molecular weight is 277 g/mol. The number of Topliss-reactive ketones (excluding diaryl/α,β-unsaturated/α-hetero) is 1. The van der Waals surface area contributed by atoms with Crippen molar-refractivity contribution in [1.82, 2.24) is 4.90 Å². The first kappa shape index (κ1) is 13.3. The van der Waals surface area contributed by atoms with Gasteiger partial charge in [-0.1, -0.05) is 13.8 Å². The van der Waals surface area contributed by atoms with Gasteiger partial charge in [0.25, 0.3) is 0 Å². The molecule has 2 heterocycles. The average Bonchev–Trinajstić information content (AvgIpc) is 2.81. The lowest BCUT2D eigenvalue weighted by Gasteiger charge is -2.36. The summed E-state index contributed by atoms with van der Waals surface area (Å²) in [5.41, 5.74) is 1.49. The summed E-state index contributed by atoms with van der Waals surface area (Å²) in [5, 5.41) is 2.20. The fourth-order valence-electron chi connectivity index (χ4n) is 3.72. The highest BCUT2D eigenvalue weighted by atomic mass is 32.1. The number of carbonyl (C=O) groups excluding carboxylic acids is 1. The normalized spacial score (nSPS) is 32.3. The fraction of sp³-hybridized carbons (Fsp3) is 0.688. The third-order valence-electron chi connectivity index (χ3n) is 4.77. The lowest BCUT2D eigenvalue weighted by atomic mass is 9.74. The monoisotopic (exact) mass is 277 g/mol. The van der Waals surface area contributed by atoms with E-state index in [4.69, 9.17) is 0 Å². The summed E-state index contributed by atoms with van der Waals surface area (Å²) in [6, 6.07) is 2.25. The molecule has 2 aliphatic rings. The maximum Gasteiger partial charge on any atom is 0.137 e. The Labute approximate surface area is 119 Å². The van der Waals surface area contributed by atoms with Crippen molar-refractivity contribution in [3.63, 3.8) is 0 Å². The Morgan fingerprint density at radius 3 is 3.05 bits per heavy atom. The summed E-state index contributed by atoms with van der Waals surface area (Å²) in [6.07, 6.45) is 3.18. The van der Waals surface area contributed by atoms with Crippen molar-refractivity contribution in [2.45, 2.75) is 39.7 Å². The summed E-state index contributed by atoms with van der Waals surface area (Å²) in [5.74, 6) is 1.92. The summed E-state index contributed by atoms with van der Waals surface area (Å²) < 4.78 is 0. The Hall–Kier alpha value is -0.670. The zero-order chi connectivity index (χ0) is 13.4. The number of thiophene rings is 1. The second-order valence-electron chi connectivity index (χ2n) is 6.45. The van der Waals surface area contributed by atoms with E-state index in [0.717, 1.165) is 26.1 Å². The number of ketones is 1. The molecule has 1 fully saturated rings. The molecule has 0 amide bonds. The molecule has 1 aromatic rings. The van der Waals surface area contributed by atoms with E-state index in [2.05, 4.69) is 30.2 Å². The number of fused-ring (bicyclic) bond motifs is 1. The standard InChI is InChI=1S/C16H23NOS/c1-11-7-12(2)14(15(18)8-11)10-17-5-3-16-13(9-17)4-6-19-16/h4,6,11-12,14H,3,5,7-10H2,1-2H3. The minimum Gasteiger partial charge on any atom is -0.299 e. The first-order valence-electron chi connectivity index (χ1n) is 7.44. The molecule has 3 unspecified atom stereocenters. The SMILES string of the molecule is CC1CC(=O)C(CN2CCc3sccc3C2)C(C)C1. The Morgan fingerprint density at radius 1 is 1.42 bits per heavy atom. The molecule has 0 radical (unpaired) electrons. The maximum atomic E-state index is 12.3. The molecule has 1 aromatic heterocycles. The molecule has 0 spiro atoms. The van der Waals surface area contributed by atoms with Crippen LogP contribution >= 0.6 is 11.3 Å². The Bertz CT molecular complexity index is 467. The topological polar surface area (TPSA) is 20.3 Å². The van der Waals surface area contributed by atoms with E-state index in [0.29, 0.717) is 17.6 Å². The van der Waals surface area contributed by atoms with Crippen molar-refractivity contribution in [3.05, 3.63) is 21.9 Å². The molecule has 3 heteroatoms. The molecule has 1 aliphatic carbocycles. The molecule has 0 N–H and O–H groups in total. The summed E-state index contributed by atoms with van der Waals surface area (Å²) in [6.45, 7) is 7.62. The molecule has 3 atom stereocenters. The van der Waals surface area contributed by atoms with Gasteiger partial charge in [-0.05, 0) is 41.7 Å². The molecule has 0 bridgehead atoms. The summed E-state index contributed by atoms with van der Waals surface area (Å²) in [4.78, 5) is 16.3. The van der Waals surface area contributed by atoms with Crippen LogP contribution in [0.25, 0.3) is 0 Å². The molecular formula is C16H23NOS. The van der Waals surface area contributed by atoms with E-state index < -0.39 is 0 Å². The molecular weight excluding hydrogens is 254 g/mol. The van der Waals surface area contributed by atoms with E-state index in [1.54, 1.807) is 4.88 Å². The zero-order valence-electron chi connectivity index (χ0n) is 11.9. The predicted molar refractivity (Wildman–Crippen MR) is 79.4 cm³/mol. The Balaban J connectivity index is 1.64. The molecule has 0 saturated heterocycles. The van der Waals surface area contributed by atoms with Crippen LogP contribution < -0.4 is 0 Å². The van der Waals surface area contributed by atoms with Crippen molar-refractivity contribution in [1.29, 1.82) is 0 Å². The van der Waals surface area contributed by atoms with Crippen LogP contribution in [0.3, 0.4) is 0 Å². The number of nitrogens with zero attached hydrogens (tertiary/aromatic N) is 1. The van der Waals surface area contributed by atoms with Crippen LogP contribution in [0, 0.1) is 17.8 Å². The van der Waals surface area contributed by atoms with Gasteiger partial charge >= 0.3 is 0 Å². The Kier molecular flexibility index (Phi) is 3.77. The smallest absolute Gasteiger partial charge is 0.137 e. The van der Waals surface area contributed by atoms with Gasteiger partial charge in [0.05, 0.1) is 0 Å². The number of hydrogen-bond acceptors (Lipinski definition) is 3. The maximum absolute atomic E-state index is 12.3. The van der Waals surface area contributed by atoms with Gasteiger partial charge in [-0.2, -0.15) is 0 Å². The lowest BCUT2D eigenvalue weighted by molar-refractivity contribution is -0.128. The van der Waals surface area contributed by atoms with Gasteiger partial charge in [-0.15, -0.1) is 11.3 Å². The van der Waals surface area contributed by atoms with Crippen LogP contribution in [0.2, 0.25) is 0 Å². The van der Waals surface area contributed by atoms with E-state index in [-0.39, 0.29) is 5.92 Å². The third kappa shape index (κ3) is 2.77. The molecule has 19 heavy (non-hydrogen) atoms. The minimum atomic E-state index is 0.274. The number of carbonyl (C=O) groups is 1. The van der Waals surface area contributed by atoms with Gasteiger partial charge in [0.2, 0.25) is 0 Å². The number of rotatable bonds is 2. The van der Waals surface area contributed by atoms with Gasteiger partial charge in [0.15, 0.2) is 0 Å². The van der Waals surface area contributed by atoms with Crippen LogP contribution in [-0.2, 0) is 17.8 Å². The van der Waals surface area contributed by atoms with Crippen molar-refractivity contribution in [2.24, 2.45) is 17.8 Å². The van der Waals surface area contributed by atoms with Crippen molar-refractivity contribution in [2.75, 3.05) is 13.1 Å². The first-order chi connectivity index (χ1) is 9.13. The zero-order valence-corrected chi connectivity index (χ0v) is 12.7. The predicted octanol–water partition coefficient (Wildman–Crippen LogP) is 3.36. The van der Waals surface area contributed by atoms with Crippen molar-refractivity contribution >= 4 is 17.1 Å². The van der Waals surface area contributed by atoms with Crippen molar-refractivity contribution in [3.8, 4) is 0 Å². The fourth-order valence-corrected chi connectivity index (χ4v) is 4.61. The van der Waals surface area contributed by atoms with Gasteiger partial charge in [-0.3, -0.25) is 9.69 Å². The van der Waals surface area contributed by atoms with Gasteiger partial charge in [-0.25, -0.2) is 0 Å². The number of hydrogen-bond donors (Lipinski definition) is 0. The van der Waals surface area contributed by atoms with Crippen LogP contribution in [0.15, 0.2) is 11.4 Å². The minimum absolute atomic E-state index is 0.274.